The second-order valence-corrected chi connectivity index (χ2v) is 6.28. The molecule has 120 valence electrons. The Hall–Kier alpha value is -1.30. The minimum atomic E-state index is -1.71. The molecule has 1 fully saturated rings. The number of benzene rings is 1. The van der Waals surface area contributed by atoms with Crippen LogP contribution in [0, 0.1) is 0 Å². The quantitative estimate of drug-likeness (QED) is 0.877. The molecule has 1 aliphatic heterocycles. The van der Waals surface area contributed by atoms with Crippen LogP contribution in [0.4, 0.5) is 0 Å². The number of carbonyl (C=O) groups excluding carboxylic acids is 1. The van der Waals surface area contributed by atoms with Gasteiger partial charge in [0, 0.05) is 32.4 Å². The average molecular weight is 346 g/mol. The molecule has 2 N–H and O–H groups in total. The van der Waals surface area contributed by atoms with E-state index in [9.17, 15) is 14.7 Å². The van der Waals surface area contributed by atoms with Crippen molar-refractivity contribution in [3.63, 3.8) is 0 Å². The Balaban J connectivity index is 1.86. The monoisotopic (exact) mass is 345 g/mol. The van der Waals surface area contributed by atoms with Crippen molar-refractivity contribution in [2.24, 2.45) is 0 Å². The van der Waals surface area contributed by atoms with Gasteiger partial charge in [0.2, 0.25) is 5.91 Å². The zero-order valence-electron chi connectivity index (χ0n) is 11.9. The Bertz CT molecular complexity index is 583. The fourth-order valence-electron chi connectivity index (χ4n) is 2.44. The highest BCUT2D eigenvalue weighted by molar-refractivity contribution is 6.42. The van der Waals surface area contributed by atoms with Crippen LogP contribution in [0.25, 0.3) is 0 Å². The number of likely N-dealkylation sites (tertiary alicyclic amines) is 1. The summed E-state index contributed by atoms with van der Waals surface area (Å²) in [6, 6.07) is 5.25. The maximum atomic E-state index is 12.1. The highest BCUT2D eigenvalue weighted by atomic mass is 35.5. The van der Waals surface area contributed by atoms with E-state index in [4.69, 9.17) is 28.3 Å². The highest BCUT2D eigenvalue weighted by Gasteiger charge is 2.40. The SMILES string of the molecule is O=C(CCc1ccc(Cl)c(Cl)c1)N1CCC(O)(C(=O)O)CC1. The van der Waals surface area contributed by atoms with E-state index in [-0.39, 0.29) is 31.8 Å². The molecule has 5 nitrogen and oxygen atoms in total. The van der Waals surface area contributed by atoms with E-state index in [2.05, 4.69) is 0 Å². The van der Waals surface area contributed by atoms with Crippen molar-refractivity contribution >= 4 is 35.1 Å². The van der Waals surface area contributed by atoms with E-state index in [0.29, 0.717) is 22.9 Å². The van der Waals surface area contributed by atoms with Gasteiger partial charge in [0.1, 0.15) is 0 Å². The van der Waals surface area contributed by atoms with E-state index in [1.54, 1.807) is 17.0 Å². The molecule has 0 unspecified atom stereocenters. The maximum Gasteiger partial charge on any atom is 0.335 e. The van der Waals surface area contributed by atoms with E-state index in [1.165, 1.54) is 0 Å². The lowest BCUT2D eigenvalue weighted by molar-refractivity contribution is -0.165. The van der Waals surface area contributed by atoms with Crippen molar-refractivity contribution in [2.75, 3.05) is 13.1 Å². The van der Waals surface area contributed by atoms with Crippen LogP contribution in [0.2, 0.25) is 10.0 Å². The number of aliphatic hydroxyl groups is 1. The van der Waals surface area contributed by atoms with Crippen molar-refractivity contribution in [2.45, 2.75) is 31.3 Å². The van der Waals surface area contributed by atoms with E-state index >= 15 is 0 Å². The molecule has 0 atom stereocenters. The van der Waals surface area contributed by atoms with Gasteiger partial charge in [0.05, 0.1) is 10.0 Å². The number of nitrogens with zero attached hydrogens (tertiary/aromatic N) is 1. The van der Waals surface area contributed by atoms with Gasteiger partial charge in [-0.3, -0.25) is 4.79 Å². The van der Waals surface area contributed by atoms with Crippen LogP contribution in [-0.4, -0.2) is 45.7 Å². The van der Waals surface area contributed by atoms with Crippen molar-refractivity contribution in [3.05, 3.63) is 33.8 Å². The molecule has 0 radical (unpaired) electrons. The normalized spacial score (nSPS) is 17.3. The number of piperidine rings is 1. The predicted molar refractivity (Wildman–Crippen MR) is 83.2 cm³/mol. The van der Waals surface area contributed by atoms with Crippen LogP contribution in [0.3, 0.4) is 0 Å². The van der Waals surface area contributed by atoms with E-state index < -0.39 is 11.6 Å². The van der Waals surface area contributed by atoms with Crippen molar-refractivity contribution in [1.29, 1.82) is 0 Å². The fraction of sp³-hybridized carbons (Fsp3) is 0.467. The summed E-state index contributed by atoms with van der Waals surface area (Å²) >= 11 is 11.8. The molecule has 0 saturated carbocycles. The molecule has 1 heterocycles. The van der Waals surface area contributed by atoms with Gasteiger partial charge >= 0.3 is 5.97 Å². The first kappa shape index (κ1) is 17.1. The molecule has 1 aromatic rings. The molecule has 1 amide bonds. The predicted octanol–water partition coefficient (Wildman–Crippen LogP) is 2.36. The number of carbonyl (C=O) groups is 2. The van der Waals surface area contributed by atoms with Crippen LogP contribution >= 0.6 is 23.2 Å². The van der Waals surface area contributed by atoms with Gasteiger partial charge in [0.15, 0.2) is 5.60 Å². The van der Waals surface area contributed by atoms with Crippen molar-refractivity contribution in [3.8, 4) is 0 Å². The Morgan fingerprint density at radius 2 is 1.82 bits per heavy atom. The Morgan fingerprint density at radius 3 is 2.36 bits per heavy atom. The zero-order chi connectivity index (χ0) is 16.3. The smallest absolute Gasteiger partial charge is 0.335 e. The third kappa shape index (κ3) is 3.91. The minimum Gasteiger partial charge on any atom is -0.479 e. The minimum absolute atomic E-state index is 0.0564. The molecule has 7 heteroatoms. The topological polar surface area (TPSA) is 77.8 Å². The van der Waals surface area contributed by atoms with Crippen molar-refractivity contribution < 1.29 is 19.8 Å². The fourth-order valence-corrected chi connectivity index (χ4v) is 2.77. The van der Waals surface area contributed by atoms with E-state index in [0.717, 1.165) is 5.56 Å². The van der Waals surface area contributed by atoms with Gasteiger partial charge in [-0.05, 0) is 24.1 Å². The molecular formula is C15H17Cl2NO4. The summed E-state index contributed by atoms with van der Waals surface area (Å²) < 4.78 is 0. The third-order valence-electron chi connectivity index (χ3n) is 3.95. The number of aryl methyl sites for hydroxylation is 1. The standard InChI is InChI=1S/C15H17Cl2NO4/c16-11-3-1-10(9-12(11)17)2-4-13(19)18-7-5-15(22,6-8-18)14(20)21/h1,3,9,22H,2,4-8H2,(H,20,21). The summed E-state index contributed by atoms with van der Waals surface area (Å²) in [4.78, 5) is 24.7. The Kier molecular flexibility index (Phi) is 5.32. The molecule has 1 aliphatic rings. The second-order valence-electron chi connectivity index (χ2n) is 5.47. The molecule has 1 aromatic carbocycles. The molecule has 1 saturated heterocycles. The Labute approximate surface area is 138 Å². The first-order valence-electron chi connectivity index (χ1n) is 6.99. The largest absolute Gasteiger partial charge is 0.479 e. The lowest BCUT2D eigenvalue weighted by Crippen LogP contribution is -2.50. The third-order valence-corrected chi connectivity index (χ3v) is 4.69. The van der Waals surface area contributed by atoms with Gasteiger partial charge < -0.3 is 15.1 Å². The van der Waals surface area contributed by atoms with Crippen molar-refractivity contribution in [1.82, 2.24) is 4.90 Å². The molecule has 22 heavy (non-hydrogen) atoms. The van der Waals surface area contributed by atoms with Gasteiger partial charge in [0.25, 0.3) is 0 Å². The lowest BCUT2D eigenvalue weighted by atomic mass is 9.91. The van der Waals surface area contributed by atoms with Crippen LogP contribution in [0.5, 0.6) is 0 Å². The second kappa shape index (κ2) is 6.86. The lowest BCUT2D eigenvalue weighted by Gasteiger charge is -2.35. The molecule has 0 bridgehead atoms. The highest BCUT2D eigenvalue weighted by Crippen LogP contribution is 2.25. The first-order chi connectivity index (χ1) is 10.3. The summed E-state index contributed by atoms with van der Waals surface area (Å²) in [5.74, 6) is -1.28. The van der Waals surface area contributed by atoms with Crippen LogP contribution in [0.15, 0.2) is 18.2 Å². The summed E-state index contributed by atoms with van der Waals surface area (Å²) in [5, 5.41) is 19.7. The maximum absolute atomic E-state index is 12.1. The number of hydrogen-bond acceptors (Lipinski definition) is 3. The molecule has 0 aromatic heterocycles. The van der Waals surface area contributed by atoms with Gasteiger partial charge in [-0.2, -0.15) is 0 Å². The molecular weight excluding hydrogens is 329 g/mol. The zero-order valence-corrected chi connectivity index (χ0v) is 13.4. The first-order valence-corrected chi connectivity index (χ1v) is 7.75. The number of amides is 1. The van der Waals surface area contributed by atoms with Crippen LogP contribution < -0.4 is 0 Å². The average Bonchev–Trinajstić information content (AvgIpc) is 2.49. The summed E-state index contributed by atoms with van der Waals surface area (Å²) in [6.45, 7) is 0.506. The van der Waals surface area contributed by atoms with Gasteiger partial charge in [-0.25, -0.2) is 4.79 Å². The number of carboxylic acid groups (broad SMARTS) is 1. The Morgan fingerprint density at radius 1 is 1.18 bits per heavy atom. The number of halogens is 2. The summed E-state index contributed by atoms with van der Waals surface area (Å²) in [5.41, 5.74) is -0.790. The van der Waals surface area contributed by atoms with Crippen LogP contribution in [0.1, 0.15) is 24.8 Å². The number of carboxylic acids is 1. The van der Waals surface area contributed by atoms with E-state index in [1.807, 2.05) is 6.07 Å². The summed E-state index contributed by atoms with van der Waals surface area (Å²) in [6.07, 6.45) is 0.959. The molecule has 0 aliphatic carbocycles. The number of hydrogen-bond donors (Lipinski definition) is 2. The van der Waals surface area contributed by atoms with Crippen LogP contribution in [-0.2, 0) is 16.0 Å². The van der Waals surface area contributed by atoms with Gasteiger partial charge in [-0.15, -0.1) is 0 Å². The molecule has 0 spiro atoms. The number of rotatable bonds is 4. The molecule has 2 rings (SSSR count). The summed E-state index contributed by atoms with van der Waals surface area (Å²) in [7, 11) is 0. The van der Waals surface area contributed by atoms with Gasteiger partial charge in [-0.1, -0.05) is 29.3 Å². The number of aliphatic carboxylic acids is 1.